The Kier molecular flexibility index (Phi) is 2.70. The molecule has 0 aliphatic carbocycles. The van der Waals surface area contributed by atoms with Crippen molar-refractivity contribution >= 4 is 15.9 Å². The first-order valence-corrected chi connectivity index (χ1v) is 3.96. The van der Waals surface area contributed by atoms with Crippen LogP contribution in [-0.4, -0.2) is 20.5 Å². The van der Waals surface area contributed by atoms with E-state index in [1.807, 2.05) is 0 Å². The van der Waals surface area contributed by atoms with E-state index in [1.165, 1.54) is 6.33 Å². The van der Waals surface area contributed by atoms with Gasteiger partial charge < -0.3 is 0 Å². The molecule has 0 fully saturated rings. The zero-order chi connectivity index (χ0) is 6.53. The first-order chi connectivity index (χ1) is 4.43. The minimum Gasteiger partial charge on any atom is -0.263 e. The summed E-state index contributed by atoms with van der Waals surface area (Å²) in [6, 6.07) is 0. The maximum atomic E-state index is 3.97. The van der Waals surface area contributed by atoms with E-state index < -0.39 is 0 Å². The van der Waals surface area contributed by atoms with Crippen LogP contribution in [-0.2, 0) is 6.42 Å². The van der Waals surface area contributed by atoms with E-state index in [-0.39, 0.29) is 0 Å². The number of halogens is 1. The Morgan fingerprint density at radius 2 is 2.56 bits per heavy atom. The second kappa shape index (κ2) is 3.61. The number of hydrogen-bond donors (Lipinski definition) is 1. The highest BCUT2D eigenvalue weighted by atomic mass is 79.9. The van der Waals surface area contributed by atoms with Gasteiger partial charge in [0.05, 0.1) is 0 Å². The molecule has 1 aromatic rings. The number of H-pyrrole nitrogens is 1. The minimum absolute atomic E-state index is 0.967. The normalized spacial score (nSPS) is 9.89. The zero-order valence-electron chi connectivity index (χ0n) is 4.97. The van der Waals surface area contributed by atoms with Crippen molar-refractivity contribution in [1.29, 1.82) is 0 Å². The molecule has 0 saturated carbocycles. The smallest absolute Gasteiger partial charge is 0.137 e. The number of aromatic amines is 1. The molecule has 0 aliphatic rings. The quantitative estimate of drug-likeness (QED) is 0.726. The minimum atomic E-state index is 0.967. The van der Waals surface area contributed by atoms with Gasteiger partial charge in [0.2, 0.25) is 0 Å². The van der Waals surface area contributed by atoms with Crippen molar-refractivity contribution in [3.8, 4) is 0 Å². The van der Waals surface area contributed by atoms with Crippen molar-refractivity contribution in [1.82, 2.24) is 15.2 Å². The van der Waals surface area contributed by atoms with E-state index in [0.29, 0.717) is 0 Å². The van der Waals surface area contributed by atoms with Crippen LogP contribution >= 0.6 is 15.9 Å². The molecule has 1 heterocycles. The first-order valence-electron chi connectivity index (χ1n) is 2.83. The second-order valence-corrected chi connectivity index (χ2v) is 2.52. The van der Waals surface area contributed by atoms with E-state index in [0.717, 1.165) is 24.0 Å². The summed E-state index contributed by atoms with van der Waals surface area (Å²) in [7, 11) is 0. The maximum Gasteiger partial charge on any atom is 0.137 e. The van der Waals surface area contributed by atoms with Crippen LogP contribution in [0.25, 0.3) is 0 Å². The van der Waals surface area contributed by atoms with Crippen molar-refractivity contribution < 1.29 is 0 Å². The highest BCUT2D eigenvalue weighted by Gasteiger charge is 1.91. The molecule has 0 spiro atoms. The van der Waals surface area contributed by atoms with Crippen LogP contribution in [0.5, 0.6) is 0 Å². The van der Waals surface area contributed by atoms with E-state index in [4.69, 9.17) is 0 Å². The molecule has 0 radical (unpaired) electrons. The lowest BCUT2D eigenvalue weighted by Crippen LogP contribution is -1.87. The van der Waals surface area contributed by atoms with Gasteiger partial charge in [-0.2, -0.15) is 5.10 Å². The Morgan fingerprint density at radius 1 is 1.67 bits per heavy atom. The van der Waals surface area contributed by atoms with Crippen LogP contribution in [0.2, 0.25) is 0 Å². The van der Waals surface area contributed by atoms with E-state index in [1.54, 1.807) is 0 Å². The van der Waals surface area contributed by atoms with E-state index in [9.17, 15) is 0 Å². The molecular weight excluding hydrogens is 182 g/mol. The average molecular weight is 190 g/mol. The maximum absolute atomic E-state index is 3.97. The Hall–Kier alpha value is -0.380. The van der Waals surface area contributed by atoms with Crippen LogP contribution in [0.3, 0.4) is 0 Å². The SMILES string of the molecule is BrCCCc1ncn[nH]1. The summed E-state index contributed by atoms with van der Waals surface area (Å²) in [4.78, 5) is 3.97. The van der Waals surface area contributed by atoms with Crippen LogP contribution in [0.1, 0.15) is 12.2 Å². The molecular formula is C5H8BrN3. The van der Waals surface area contributed by atoms with Crippen LogP contribution < -0.4 is 0 Å². The van der Waals surface area contributed by atoms with Gasteiger partial charge in [-0.05, 0) is 6.42 Å². The second-order valence-electron chi connectivity index (χ2n) is 1.72. The summed E-state index contributed by atoms with van der Waals surface area (Å²) in [6.07, 6.45) is 3.62. The van der Waals surface area contributed by atoms with Crippen molar-refractivity contribution in [3.63, 3.8) is 0 Å². The third kappa shape index (κ3) is 2.13. The highest BCUT2D eigenvalue weighted by Crippen LogP contribution is 1.95. The Balaban J connectivity index is 2.30. The molecule has 0 unspecified atom stereocenters. The van der Waals surface area contributed by atoms with Gasteiger partial charge >= 0.3 is 0 Å². The van der Waals surface area contributed by atoms with Crippen molar-refractivity contribution in [2.75, 3.05) is 5.33 Å². The molecule has 0 atom stereocenters. The monoisotopic (exact) mass is 189 g/mol. The van der Waals surface area contributed by atoms with Crippen molar-refractivity contribution in [2.24, 2.45) is 0 Å². The molecule has 4 heteroatoms. The Morgan fingerprint density at radius 3 is 3.11 bits per heavy atom. The van der Waals surface area contributed by atoms with Gasteiger partial charge in [-0.3, -0.25) is 5.10 Å². The largest absolute Gasteiger partial charge is 0.263 e. The molecule has 0 amide bonds. The van der Waals surface area contributed by atoms with Crippen LogP contribution in [0, 0.1) is 0 Å². The summed E-state index contributed by atoms with van der Waals surface area (Å²) in [6.45, 7) is 0. The zero-order valence-corrected chi connectivity index (χ0v) is 6.56. The van der Waals surface area contributed by atoms with Crippen molar-refractivity contribution in [3.05, 3.63) is 12.2 Å². The first kappa shape index (κ1) is 6.74. The van der Waals surface area contributed by atoms with Crippen LogP contribution in [0.15, 0.2) is 6.33 Å². The van der Waals surface area contributed by atoms with Crippen LogP contribution in [0.4, 0.5) is 0 Å². The number of nitrogens with one attached hydrogen (secondary N) is 1. The molecule has 3 nitrogen and oxygen atoms in total. The lowest BCUT2D eigenvalue weighted by atomic mass is 10.3. The van der Waals surface area contributed by atoms with Gasteiger partial charge in [-0.25, -0.2) is 4.98 Å². The lowest BCUT2D eigenvalue weighted by Gasteiger charge is -1.88. The van der Waals surface area contributed by atoms with Gasteiger partial charge in [0.1, 0.15) is 12.2 Å². The molecule has 0 aromatic carbocycles. The summed E-state index contributed by atoms with van der Waals surface area (Å²) >= 11 is 3.33. The van der Waals surface area contributed by atoms with Gasteiger partial charge in [-0.15, -0.1) is 0 Å². The number of hydrogen-bond acceptors (Lipinski definition) is 2. The average Bonchev–Trinajstić information content (AvgIpc) is 2.34. The molecule has 9 heavy (non-hydrogen) atoms. The summed E-state index contributed by atoms with van der Waals surface area (Å²) in [5, 5.41) is 7.54. The third-order valence-electron chi connectivity index (χ3n) is 1.01. The van der Waals surface area contributed by atoms with E-state index in [2.05, 4.69) is 31.1 Å². The molecule has 0 aliphatic heterocycles. The predicted octanol–water partition coefficient (Wildman–Crippen LogP) is 1.13. The molecule has 50 valence electrons. The molecule has 1 aromatic heterocycles. The fourth-order valence-corrected chi connectivity index (χ4v) is 0.866. The topological polar surface area (TPSA) is 41.6 Å². The molecule has 1 N–H and O–H groups in total. The molecule has 0 saturated heterocycles. The number of aromatic nitrogens is 3. The molecule has 0 bridgehead atoms. The van der Waals surface area contributed by atoms with Gasteiger partial charge in [0, 0.05) is 11.8 Å². The number of alkyl halides is 1. The highest BCUT2D eigenvalue weighted by molar-refractivity contribution is 9.09. The van der Waals surface area contributed by atoms with Gasteiger partial charge in [0.25, 0.3) is 0 Å². The Bertz CT molecular complexity index is 149. The number of aryl methyl sites for hydroxylation is 1. The summed E-state index contributed by atoms with van der Waals surface area (Å²) in [5.41, 5.74) is 0. The Labute approximate surface area is 62.0 Å². The van der Waals surface area contributed by atoms with Crippen molar-refractivity contribution in [2.45, 2.75) is 12.8 Å². The fourth-order valence-electron chi connectivity index (χ4n) is 0.586. The van der Waals surface area contributed by atoms with Gasteiger partial charge in [-0.1, -0.05) is 15.9 Å². The lowest BCUT2D eigenvalue weighted by molar-refractivity contribution is 0.851. The third-order valence-corrected chi connectivity index (χ3v) is 1.57. The number of rotatable bonds is 3. The molecule has 1 rings (SSSR count). The van der Waals surface area contributed by atoms with Gasteiger partial charge in [0.15, 0.2) is 0 Å². The summed E-state index contributed by atoms with van der Waals surface area (Å²) < 4.78 is 0. The van der Waals surface area contributed by atoms with E-state index >= 15 is 0 Å². The summed E-state index contributed by atoms with van der Waals surface area (Å²) in [5.74, 6) is 0.967. The number of nitrogens with zero attached hydrogens (tertiary/aromatic N) is 2. The standard InChI is InChI=1S/C5H8BrN3/c6-3-1-2-5-7-4-8-9-5/h4H,1-3H2,(H,7,8,9). The predicted molar refractivity (Wildman–Crippen MR) is 38.5 cm³/mol. The fraction of sp³-hybridized carbons (Fsp3) is 0.600.